The Morgan fingerprint density at radius 3 is 2.95 bits per heavy atom. The fourth-order valence-corrected chi connectivity index (χ4v) is 1.99. The van der Waals surface area contributed by atoms with Crippen LogP contribution >= 0.6 is 0 Å². The van der Waals surface area contributed by atoms with Crippen molar-refractivity contribution < 1.29 is 4.74 Å². The van der Waals surface area contributed by atoms with E-state index in [9.17, 15) is 0 Å². The van der Waals surface area contributed by atoms with Crippen LogP contribution in [0.15, 0.2) is 36.8 Å². The Bertz CT molecular complexity index is 520. The van der Waals surface area contributed by atoms with Crippen molar-refractivity contribution in [3.05, 3.63) is 42.5 Å². The molecule has 0 radical (unpaired) electrons. The van der Waals surface area contributed by atoms with Crippen LogP contribution in [0.25, 0.3) is 0 Å². The molecule has 1 N–H and O–H groups in total. The van der Waals surface area contributed by atoms with Crippen LogP contribution in [-0.4, -0.2) is 16.2 Å². The van der Waals surface area contributed by atoms with Gasteiger partial charge < -0.3 is 14.6 Å². The zero-order chi connectivity index (χ0) is 13.7. The van der Waals surface area contributed by atoms with Crippen molar-refractivity contribution in [2.24, 2.45) is 0 Å². The third kappa shape index (κ3) is 3.50. The Balaban J connectivity index is 2.02. The Morgan fingerprint density at radius 1 is 1.37 bits per heavy atom. The van der Waals surface area contributed by atoms with Crippen LogP contribution in [0, 0.1) is 0 Å². The first-order valence-corrected chi connectivity index (χ1v) is 6.68. The van der Waals surface area contributed by atoms with E-state index in [0.717, 1.165) is 18.0 Å². The molecule has 0 aliphatic carbocycles. The van der Waals surface area contributed by atoms with Gasteiger partial charge in [0.15, 0.2) is 0 Å². The number of aromatic nitrogens is 2. The number of ether oxygens (including phenoxy) is 1. The summed E-state index contributed by atoms with van der Waals surface area (Å²) in [6.45, 7) is 7.74. The fraction of sp³-hybridized carbons (Fsp3) is 0.400. The standard InChI is InChI=1S/C15H21N3O/c1-4-19-15-7-5-6-13(8-15)17-10-14-9-16-11-18(14)12(2)3/h5-9,11-12,17H,4,10H2,1-3H3. The van der Waals surface area contributed by atoms with E-state index in [4.69, 9.17) is 4.74 Å². The monoisotopic (exact) mass is 259 g/mol. The minimum absolute atomic E-state index is 0.425. The van der Waals surface area contributed by atoms with E-state index in [-0.39, 0.29) is 0 Å². The molecule has 1 aromatic carbocycles. The van der Waals surface area contributed by atoms with E-state index >= 15 is 0 Å². The largest absolute Gasteiger partial charge is 0.494 e. The predicted molar refractivity (Wildman–Crippen MR) is 77.5 cm³/mol. The lowest BCUT2D eigenvalue weighted by atomic mass is 10.3. The van der Waals surface area contributed by atoms with Gasteiger partial charge in [0.05, 0.1) is 25.2 Å². The topological polar surface area (TPSA) is 39.1 Å². The number of nitrogens with one attached hydrogen (secondary N) is 1. The lowest BCUT2D eigenvalue weighted by Crippen LogP contribution is -2.08. The van der Waals surface area contributed by atoms with Crippen molar-refractivity contribution in [3.63, 3.8) is 0 Å². The van der Waals surface area contributed by atoms with Gasteiger partial charge in [-0.15, -0.1) is 0 Å². The Hall–Kier alpha value is -1.97. The van der Waals surface area contributed by atoms with E-state index in [1.807, 2.05) is 43.7 Å². The minimum Gasteiger partial charge on any atom is -0.494 e. The Labute approximate surface area is 114 Å². The van der Waals surface area contributed by atoms with E-state index < -0.39 is 0 Å². The van der Waals surface area contributed by atoms with Gasteiger partial charge in [-0.3, -0.25) is 0 Å². The Morgan fingerprint density at radius 2 is 2.21 bits per heavy atom. The second-order valence-electron chi connectivity index (χ2n) is 4.70. The second kappa shape index (κ2) is 6.27. The summed E-state index contributed by atoms with van der Waals surface area (Å²) in [5, 5.41) is 3.40. The second-order valence-corrected chi connectivity index (χ2v) is 4.70. The molecule has 0 amide bonds. The molecule has 0 fully saturated rings. The van der Waals surface area contributed by atoms with Gasteiger partial charge in [0.25, 0.3) is 0 Å². The molecule has 2 rings (SSSR count). The summed E-state index contributed by atoms with van der Waals surface area (Å²) in [4.78, 5) is 4.20. The van der Waals surface area contributed by atoms with Gasteiger partial charge in [0.2, 0.25) is 0 Å². The van der Waals surface area contributed by atoms with Crippen LogP contribution in [0.2, 0.25) is 0 Å². The maximum absolute atomic E-state index is 5.49. The summed E-state index contributed by atoms with van der Waals surface area (Å²) in [5.74, 6) is 0.893. The van der Waals surface area contributed by atoms with Crippen molar-refractivity contribution in [1.82, 2.24) is 9.55 Å². The molecular formula is C15H21N3O. The van der Waals surface area contributed by atoms with Crippen molar-refractivity contribution in [2.75, 3.05) is 11.9 Å². The van der Waals surface area contributed by atoms with Gasteiger partial charge in [0, 0.05) is 24.0 Å². The molecule has 0 aliphatic rings. The van der Waals surface area contributed by atoms with Gasteiger partial charge in [0.1, 0.15) is 5.75 Å². The van der Waals surface area contributed by atoms with Crippen molar-refractivity contribution in [2.45, 2.75) is 33.4 Å². The molecule has 1 aromatic heterocycles. The van der Waals surface area contributed by atoms with Crippen LogP contribution in [0.1, 0.15) is 32.5 Å². The van der Waals surface area contributed by atoms with Gasteiger partial charge in [-0.2, -0.15) is 0 Å². The molecule has 2 aromatic rings. The molecule has 4 nitrogen and oxygen atoms in total. The van der Waals surface area contributed by atoms with Crippen LogP contribution < -0.4 is 10.1 Å². The minimum atomic E-state index is 0.425. The van der Waals surface area contributed by atoms with Gasteiger partial charge in [-0.25, -0.2) is 4.98 Å². The van der Waals surface area contributed by atoms with E-state index in [2.05, 4.69) is 28.7 Å². The summed E-state index contributed by atoms with van der Waals surface area (Å²) in [6, 6.07) is 8.44. The zero-order valence-electron chi connectivity index (χ0n) is 11.8. The third-order valence-corrected chi connectivity index (χ3v) is 2.92. The summed E-state index contributed by atoms with van der Waals surface area (Å²) in [6.07, 6.45) is 3.78. The molecule has 0 atom stereocenters. The van der Waals surface area contributed by atoms with Crippen LogP contribution in [-0.2, 0) is 6.54 Å². The summed E-state index contributed by atoms with van der Waals surface area (Å²) in [7, 11) is 0. The highest BCUT2D eigenvalue weighted by molar-refractivity contribution is 5.48. The number of anilines is 1. The van der Waals surface area contributed by atoms with Gasteiger partial charge in [-0.1, -0.05) is 6.07 Å². The van der Waals surface area contributed by atoms with Gasteiger partial charge in [-0.05, 0) is 32.9 Å². The molecule has 0 bridgehead atoms. The molecule has 0 spiro atoms. The normalized spacial score (nSPS) is 10.7. The number of nitrogens with zero attached hydrogens (tertiary/aromatic N) is 2. The molecule has 0 aliphatic heterocycles. The molecule has 0 unspecified atom stereocenters. The predicted octanol–water partition coefficient (Wildman–Crippen LogP) is 3.47. The van der Waals surface area contributed by atoms with Crippen LogP contribution in [0.4, 0.5) is 5.69 Å². The molecule has 102 valence electrons. The first-order chi connectivity index (χ1) is 9.20. The van der Waals surface area contributed by atoms with Crippen molar-refractivity contribution in [1.29, 1.82) is 0 Å². The quantitative estimate of drug-likeness (QED) is 0.863. The first-order valence-electron chi connectivity index (χ1n) is 6.68. The van der Waals surface area contributed by atoms with Crippen molar-refractivity contribution in [3.8, 4) is 5.75 Å². The zero-order valence-corrected chi connectivity index (χ0v) is 11.8. The summed E-state index contributed by atoms with van der Waals surface area (Å²) in [5.41, 5.74) is 2.24. The molecular weight excluding hydrogens is 238 g/mol. The summed E-state index contributed by atoms with van der Waals surface area (Å²) >= 11 is 0. The summed E-state index contributed by atoms with van der Waals surface area (Å²) < 4.78 is 7.65. The maximum Gasteiger partial charge on any atom is 0.121 e. The average molecular weight is 259 g/mol. The maximum atomic E-state index is 5.49. The first kappa shape index (κ1) is 13.5. The molecule has 4 heteroatoms. The molecule has 19 heavy (non-hydrogen) atoms. The number of hydrogen-bond acceptors (Lipinski definition) is 3. The lowest BCUT2D eigenvalue weighted by Gasteiger charge is -2.13. The number of imidazole rings is 1. The smallest absolute Gasteiger partial charge is 0.121 e. The lowest BCUT2D eigenvalue weighted by molar-refractivity contribution is 0.340. The highest BCUT2D eigenvalue weighted by atomic mass is 16.5. The SMILES string of the molecule is CCOc1cccc(NCc2cncn2C(C)C)c1. The molecule has 1 heterocycles. The highest BCUT2D eigenvalue weighted by Crippen LogP contribution is 2.18. The van der Waals surface area contributed by atoms with Crippen LogP contribution in [0.5, 0.6) is 5.75 Å². The number of benzene rings is 1. The third-order valence-electron chi connectivity index (χ3n) is 2.92. The van der Waals surface area contributed by atoms with Crippen molar-refractivity contribution >= 4 is 5.69 Å². The molecule has 0 saturated heterocycles. The average Bonchev–Trinajstić information content (AvgIpc) is 2.86. The number of hydrogen-bond donors (Lipinski definition) is 1. The highest BCUT2D eigenvalue weighted by Gasteiger charge is 2.05. The van der Waals surface area contributed by atoms with E-state index in [1.165, 1.54) is 5.69 Å². The molecule has 0 saturated carbocycles. The van der Waals surface area contributed by atoms with E-state index in [1.54, 1.807) is 0 Å². The Kier molecular flexibility index (Phi) is 4.44. The number of rotatable bonds is 6. The van der Waals surface area contributed by atoms with Crippen LogP contribution in [0.3, 0.4) is 0 Å². The van der Waals surface area contributed by atoms with Gasteiger partial charge >= 0.3 is 0 Å². The van der Waals surface area contributed by atoms with E-state index in [0.29, 0.717) is 12.6 Å². The fourth-order valence-electron chi connectivity index (χ4n) is 1.99.